The van der Waals surface area contributed by atoms with Gasteiger partial charge in [0.05, 0.1) is 11.3 Å². The summed E-state index contributed by atoms with van der Waals surface area (Å²) in [6, 6.07) is 15.1. The molecule has 0 unspecified atom stereocenters. The van der Waals surface area contributed by atoms with E-state index in [1.54, 1.807) is 11.8 Å². The zero-order valence-corrected chi connectivity index (χ0v) is 13.2. The molecule has 0 atom stereocenters. The van der Waals surface area contributed by atoms with Crippen molar-refractivity contribution in [3.05, 3.63) is 53.1 Å². The van der Waals surface area contributed by atoms with Crippen molar-refractivity contribution in [3.63, 3.8) is 0 Å². The molecular weight excluding hydrogens is 276 g/mol. The zero-order chi connectivity index (χ0) is 14.8. The van der Waals surface area contributed by atoms with E-state index in [1.165, 1.54) is 16.8 Å². The van der Waals surface area contributed by atoms with Crippen LogP contribution in [0.3, 0.4) is 0 Å². The van der Waals surface area contributed by atoms with Crippen molar-refractivity contribution in [1.29, 1.82) is 5.26 Å². The van der Waals surface area contributed by atoms with E-state index in [4.69, 9.17) is 0 Å². The van der Waals surface area contributed by atoms with Crippen LogP contribution in [0.25, 0.3) is 0 Å². The normalized spacial score (nSPS) is 13.7. The first-order valence-corrected chi connectivity index (χ1v) is 8.41. The number of benzene rings is 2. The Kier molecular flexibility index (Phi) is 3.90. The number of anilines is 2. The summed E-state index contributed by atoms with van der Waals surface area (Å²) < 4.78 is 0. The third-order valence-corrected chi connectivity index (χ3v) is 4.76. The molecule has 1 heterocycles. The lowest BCUT2D eigenvalue weighted by Gasteiger charge is -2.32. The molecule has 1 aliphatic heterocycles. The molecule has 0 amide bonds. The molecule has 0 spiro atoms. The third-order valence-electron chi connectivity index (χ3n) is 3.98. The van der Waals surface area contributed by atoms with Gasteiger partial charge in [0, 0.05) is 17.1 Å². The fraction of sp³-hybridized carbons (Fsp3) is 0.278. The van der Waals surface area contributed by atoms with Crippen LogP contribution < -0.4 is 4.90 Å². The lowest BCUT2D eigenvalue weighted by Crippen LogP contribution is -2.25. The average Bonchev–Trinajstić information content (AvgIpc) is 2.53. The maximum absolute atomic E-state index is 9.56. The molecule has 0 aliphatic carbocycles. The van der Waals surface area contributed by atoms with E-state index in [0.717, 1.165) is 35.5 Å². The molecule has 0 saturated heterocycles. The molecule has 3 heteroatoms. The van der Waals surface area contributed by atoms with Crippen molar-refractivity contribution < 1.29 is 0 Å². The van der Waals surface area contributed by atoms with Crippen LogP contribution in [0.4, 0.5) is 11.4 Å². The largest absolute Gasteiger partial charge is 0.340 e. The van der Waals surface area contributed by atoms with Crippen molar-refractivity contribution in [2.24, 2.45) is 0 Å². The molecule has 0 aromatic heterocycles. The van der Waals surface area contributed by atoms with Crippen LogP contribution in [0.1, 0.15) is 23.1 Å². The summed E-state index contributed by atoms with van der Waals surface area (Å²) >= 11 is 1.63. The summed E-state index contributed by atoms with van der Waals surface area (Å²) in [6.45, 7) is 3.11. The number of hydrogen-bond acceptors (Lipinski definition) is 3. The molecule has 0 fully saturated rings. The molecule has 0 saturated carbocycles. The summed E-state index contributed by atoms with van der Waals surface area (Å²) in [5.41, 5.74) is 5.77. The minimum atomic E-state index is 0.790. The first-order chi connectivity index (χ1) is 10.2. The van der Waals surface area contributed by atoms with Crippen molar-refractivity contribution in [1.82, 2.24) is 0 Å². The number of thioether (sulfide) groups is 1. The Labute approximate surface area is 130 Å². The van der Waals surface area contributed by atoms with E-state index in [0.29, 0.717) is 0 Å². The van der Waals surface area contributed by atoms with Gasteiger partial charge in [0.15, 0.2) is 0 Å². The highest BCUT2D eigenvalue weighted by Gasteiger charge is 2.21. The molecule has 1 aliphatic rings. The second-order valence-electron chi connectivity index (χ2n) is 5.35. The maximum atomic E-state index is 9.56. The summed E-state index contributed by atoms with van der Waals surface area (Å²) in [5, 5.41) is 9.56. The van der Waals surface area contributed by atoms with Crippen LogP contribution >= 0.6 is 11.8 Å². The lowest BCUT2D eigenvalue weighted by molar-refractivity contribution is 0.764. The fourth-order valence-electron chi connectivity index (χ4n) is 3.00. The molecule has 2 aromatic carbocycles. The Balaban J connectivity index is 2.14. The highest BCUT2D eigenvalue weighted by atomic mass is 32.2. The topological polar surface area (TPSA) is 27.0 Å². The Hall–Kier alpha value is -1.92. The predicted molar refractivity (Wildman–Crippen MR) is 89.4 cm³/mol. The summed E-state index contributed by atoms with van der Waals surface area (Å²) in [4.78, 5) is 3.35. The monoisotopic (exact) mass is 294 g/mol. The van der Waals surface area contributed by atoms with E-state index in [2.05, 4.69) is 42.2 Å². The Morgan fingerprint density at radius 1 is 1.19 bits per heavy atom. The van der Waals surface area contributed by atoms with E-state index in [9.17, 15) is 5.26 Å². The molecule has 3 rings (SSSR count). The molecule has 2 nitrogen and oxygen atoms in total. The number of hydrogen-bond donors (Lipinski definition) is 0. The quantitative estimate of drug-likeness (QED) is 0.753. The minimum Gasteiger partial charge on any atom is -0.340 e. The molecular formula is C18H18N2S. The Morgan fingerprint density at radius 2 is 2.05 bits per heavy atom. The maximum Gasteiger partial charge on any atom is 0.103 e. The average molecular weight is 294 g/mol. The number of fused-ring (bicyclic) bond motifs is 1. The smallest absolute Gasteiger partial charge is 0.103 e. The van der Waals surface area contributed by atoms with Gasteiger partial charge in [-0.2, -0.15) is 5.26 Å². The van der Waals surface area contributed by atoms with E-state index >= 15 is 0 Å². The van der Waals surface area contributed by atoms with Crippen LogP contribution in [0.5, 0.6) is 0 Å². The van der Waals surface area contributed by atoms with Crippen LogP contribution in [0, 0.1) is 18.3 Å². The number of nitrogens with zero attached hydrogens (tertiary/aromatic N) is 2. The second-order valence-corrected chi connectivity index (χ2v) is 6.20. The molecule has 106 valence electrons. The first kappa shape index (κ1) is 14.0. The fourth-order valence-corrected chi connectivity index (χ4v) is 3.57. The SMILES string of the molecule is CSc1cccc(N2CCCc3cc(C)ccc32)c1C#N. The van der Waals surface area contributed by atoms with Crippen molar-refractivity contribution in [2.75, 3.05) is 17.7 Å². The minimum absolute atomic E-state index is 0.790. The zero-order valence-electron chi connectivity index (χ0n) is 12.4. The lowest BCUT2D eigenvalue weighted by atomic mass is 9.98. The van der Waals surface area contributed by atoms with Gasteiger partial charge < -0.3 is 4.90 Å². The van der Waals surface area contributed by atoms with Crippen LogP contribution in [0.15, 0.2) is 41.3 Å². The van der Waals surface area contributed by atoms with Crippen molar-refractivity contribution in [2.45, 2.75) is 24.7 Å². The Bertz CT molecular complexity index is 716. The van der Waals surface area contributed by atoms with E-state index in [1.807, 2.05) is 18.4 Å². The van der Waals surface area contributed by atoms with E-state index < -0.39 is 0 Å². The standard InChI is InChI=1S/C18H18N2S/c1-13-8-9-16-14(11-13)5-4-10-20(16)17-6-3-7-18(21-2)15(17)12-19/h3,6-9,11H,4-5,10H2,1-2H3. The van der Waals surface area contributed by atoms with Crippen molar-refractivity contribution >= 4 is 23.1 Å². The van der Waals surface area contributed by atoms with Gasteiger partial charge in [-0.1, -0.05) is 23.8 Å². The number of aryl methyl sites for hydroxylation is 2. The van der Waals surface area contributed by atoms with Crippen LogP contribution in [0.2, 0.25) is 0 Å². The predicted octanol–water partition coefficient (Wildman–Crippen LogP) is 4.67. The molecule has 2 aromatic rings. The highest BCUT2D eigenvalue weighted by molar-refractivity contribution is 7.98. The highest BCUT2D eigenvalue weighted by Crippen LogP contribution is 2.38. The summed E-state index contributed by atoms with van der Waals surface area (Å²) in [6.07, 6.45) is 4.27. The first-order valence-electron chi connectivity index (χ1n) is 7.19. The van der Waals surface area contributed by atoms with Gasteiger partial charge in [-0.25, -0.2) is 0 Å². The van der Waals surface area contributed by atoms with Gasteiger partial charge in [0.1, 0.15) is 6.07 Å². The van der Waals surface area contributed by atoms with Crippen LogP contribution in [-0.2, 0) is 6.42 Å². The molecule has 0 radical (unpaired) electrons. The van der Waals surface area contributed by atoms with Gasteiger partial charge in [-0.15, -0.1) is 11.8 Å². The van der Waals surface area contributed by atoms with Crippen molar-refractivity contribution in [3.8, 4) is 6.07 Å². The van der Waals surface area contributed by atoms with Gasteiger partial charge >= 0.3 is 0 Å². The Morgan fingerprint density at radius 3 is 2.81 bits per heavy atom. The van der Waals surface area contributed by atoms with Gasteiger partial charge in [-0.05, 0) is 49.8 Å². The molecule has 21 heavy (non-hydrogen) atoms. The third kappa shape index (κ3) is 2.52. The second kappa shape index (κ2) is 5.83. The van der Waals surface area contributed by atoms with Gasteiger partial charge in [0.25, 0.3) is 0 Å². The number of rotatable bonds is 2. The summed E-state index contributed by atoms with van der Waals surface area (Å²) in [5.74, 6) is 0. The molecule has 0 N–H and O–H groups in total. The van der Waals surface area contributed by atoms with Gasteiger partial charge in [0.2, 0.25) is 0 Å². The number of nitriles is 1. The van der Waals surface area contributed by atoms with E-state index in [-0.39, 0.29) is 0 Å². The van der Waals surface area contributed by atoms with Crippen LogP contribution in [-0.4, -0.2) is 12.8 Å². The summed E-state index contributed by atoms with van der Waals surface area (Å²) in [7, 11) is 0. The molecule has 0 bridgehead atoms. The van der Waals surface area contributed by atoms with Gasteiger partial charge in [-0.3, -0.25) is 0 Å².